The van der Waals surface area contributed by atoms with Gasteiger partial charge in [-0.15, -0.1) is 0 Å². The van der Waals surface area contributed by atoms with E-state index in [1.54, 1.807) is 38.1 Å². The summed E-state index contributed by atoms with van der Waals surface area (Å²) in [6, 6.07) is 11.2. The summed E-state index contributed by atoms with van der Waals surface area (Å²) in [4.78, 5) is 23.7. The molecule has 0 saturated heterocycles. The first-order chi connectivity index (χ1) is 13.8. The molecule has 0 amide bonds. The fraction of sp³-hybridized carbons (Fsp3) is 0.304. The van der Waals surface area contributed by atoms with E-state index in [0.717, 1.165) is 16.5 Å². The number of ether oxygens (including phenoxy) is 2. The Kier molecular flexibility index (Phi) is 6.32. The van der Waals surface area contributed by atoms with E-state index in [0.29, 0.717) is 23.3 Å². The standard InChI is InChI=1S/C23H23FO5/c1-14(2)28-22(25)9-8-16-11-18-15(3)10-23(26)29-21(18)12-20(16)27-13-17-6-4-5-7-19(17)24/h4-7,10-12,14H,8-9,13H2,1-3H3. The van der Waals surface area contributed by atoms with Crippen molar-refractivity contribution in [3.05, 3.63) is 75.4 Å². The minimum Gasteiger partial charge on any atom is -0.488 e. The van der Waals surface area contributed by atoms with Crippen molar-refractivity contribution in [3.8, 4) is 5.75 Å². The number of esters is 1. The van der Waals surface area contributed by atoms with Gasteiger partial charge < -0.3 is 13.9 Å². The van der Waals surface area contributed by atoms with Gasteiger partial charge in [-0.3, -0.25) is 4.79 Å². The molecule has 1 aromatic heterocycles. The number of benzene rings is 2. The second kappa shape index (κ2) is 8.90. The molecule has 0 radical (unpaired) electrons. The van der Waals surface area contributed by atoms with E-state index in [1.807, 2.05) is 13.0 Å². The highest BCUT2D eigenvalue weighted by Crippen LogP contribution is 2.29. The maximum absolute atomic E-state index is 13.9. The van der Waals surface area contributed by atoms with Crippen LogP contribution in [0.3, 0.4) is 0 Å². The zero-order valence-corrected chi connectivity index (χ0v) is 16.7. The number of hydrogen-bond donors (Lipinski definition) is 0. The molecule has 0 aliphatic heterocycles. The van der Waals surface area contributed by atoms with Crippen LogP contribution in [0.15, 0.2) is 51.7 Å². The Balaban J connectivity index is 1.92. The lowest BCUT2D eigenvalue weighted by Crippen LogP contribution is -2.12. The van der Waals surface area contributed by atoms with Crippen molar-refractivity contribution in [1.29, 1.82) is 0 Å². The molecule has 0 atom stereocenters. The van der Waals surface area contributed by atoms with Crippen LogP contribution < -0.4 is 10.4 Å². The lowest BCUT2D eigenvalue weighted by molar-refractivity contribution is -0.147. The van der Waals surface area contributed by atoms with Gasteiger partial charge in [-0.1, -0.05) is 18.2 Å². The van der Waals surface area contributed by atoms with E-state index in [1.165, 1.54) is 12.1 Å². The zero-order chi connectivity index (χ0) is 21.0. The summed E-state index contributed by atoms with van der Waals surface area (Å²) in [5.74, 6) is -0.235. The third kappa shape index (κ3) is 5.22. The Hall–Kier alpha value is -3.15. The fourth-order valence-electron chi connectivity index (χ4n) is 3.05. The Morgan fingerprint density at radius 1 is 1.14 bits per heavy atom. The molecule has 0 fully saturated rings. The monoisotopic (exact) mass is 398 g/mol. The molecule has 0 aliphatic rings. The summed E-state index contributed by atoms with van der Waals surface area (Å²) < 4.78 is 30.3. The van der Waals surface area contributed by atoms with Gasteiger partial charge in [0.25, 0.3) is 0 Å². The van der Waals surface area contributed by atoms with Gasteiger partial charge in [0.2, 0.25) is 0 Å². The van der Waals surface area contributed by atoms with Crippen LogP contribution in [-0.2, 0) is 22.6 Å². The third-order valence-corrected chi connectivity index (χ3v) is 4.44. The van der Waals surface area contributed by atoms with E-state index in [2.05, 4.69) is 0 Å². The molecule has 5 nitrogen and oxygen atoms in total. The SMILES string of the molecule is Cc1cc(=O)oc2cc(OCc3ccccc3F)c(CCC(=O)OC(C)C)cc12. The quantitative estimate of drug-likeness (QED) is 0.426. The van der Waals surface area contributed by atoms with Gasteiger partial charge in [-0.25, -0.2) is 9.18 Å². The lowest BCUT2D eigenvalue weighted by Gasteiger charge is -2.14. The Morgan fingerprint density at radius 2 is 1.90 bits per heavy atom. The van der Waals surface area contributed by atoms with Gasteiger partial charge in [0.05, 0.1) is 6.10 Å². The molecule has 29 heavy (non-hydrogen) atoms. The zero-order valence-electron chi connectivity index (χ0n) is 16.7. The summed E-state index contributed by atoms with van der Waals surface area (Å²) in [6.07, 6.45) is 0.370. The van der Waals surface area contributed by atoms with Crippen molar-refractivity contribution in [2.75, 3.05) is 0 Å². The van der Waals surface area contributed by atoms with Crippen LogP contribution in [0, 0.1) is 12.7 Å². The Labute approximate surface area is 168 Å². The maximum Gasteiger partial charge on any atom is 0.336 e. The highest BCUT2D eigenvalue weighted by molar-refractivity contribution is 5.83. The summed E-state index contributed by atoms with van der Waals surface area (Å²) >= 11 is 0. The molecule has 0 spiro atoms. The van der Waals surface area contributed by atoms with Gasteiger partial charge >= 0.3 is 11.6 Å². The van der Waals surface area contributed by atoms with Crippen molar-refractivity contribution >= 4 is 16.9 Å². The van der Waals surface area contributed by atoms with Crippen molar-refractivity contribution in [1.82, 2.24) is 0 Å². The number of hydrogen-bond acceptors (Lipinski definition) is 5. The normalized spacial score (nSPS) is 11.1. The van der Waals surface area contributed by atoms with Gasteiger partial charge in [0.1, 0.15) is 23.8 Å². The molecule has 3 rings (SSSR count). The van der Waals surface area contributed by atoms with E-state index < -0.39 is 5.63 Å². The van der Waals surface area contributed by atoms with Crippen LogP contribution in [0.2, 0.25) is 0 Å². The Morgan fingerprint density at radius 3 is 2.62 bits per heavy atom. The molecule has 0 saturated carbocycles. The molecule has 0 bridgehead atoms. The van der Waals surface area contributed by atoms with E-state index in [4.69, 9.17) is 13.9 Å². The van der Waals surface area contributed by atoms with Gasteiger partial charge in [0.15, 0.2) is 0 Å². The number of carbonyl (C=O) groups excluding carboxylic acids is 1. The van der Waals surface area contributed by atoms with Crippen molar-refractivity contribution < 1.29 is 23.1 Å². The molecule has 0 aliphatic carbocycles. The number of aryl methyl sites for hydroxylation is 2. The summed E-state index contributed by atoms with van der Waals surface area (Å²) in [6.45, 7) is 5.41. The maximum atomic E-state index is 13.9. The van der Waals surface area contributed by atoms with Crippen molar-refractivity contribution in [2.45, 2.75) is 46.3 Å². The number of halogens is 1. The van der Waals surface area contributed by atoms with Crippen LogP contribution in [-0.4, -0.2) is 12.1 Å². The molecule has 0 N–H and O–H groups in total. The highest BCUT2D eigenvalue weighted by atomic mass is 19.1. The van der Waals surface area contributed by atoms with Gasteiger partial charge in [0, 0.05) is 29.5 Å². The second-order valence-corrected chi connectivity index (χ2v) is 7.12. The second-order valence-electron chi connectivity index (χ2n) is 7.12. The van der Waals surface area contributed by atoms with E-state index in [-0.39, 0.29) is 30.9 Å². The number of rotatable bonds is 7. The molecular formula is C23H23FO5. The first-order valence-corrected chi connectivity index (χ1v) is 9.46. The predicted molar refractivity (Wildman–Crippen MR) is 108 cm³/mol. The van der Waals surface area contributed by atoms with E-state index >= 15 is 0 Å². The molecule has 2 aromatic carbocycles. The average molecular weight is 398 g/mol. The molecular weight excluding hydrogens is 375 g/mol. The van der Waals surface area contributed by atoms with Crippen LogP contribution in [0.4, 0.5) is 4.39 Å². The Bertz CT molecular complexity index is 1080. The third-order valence-electron chi connectivity index (χ3n) is 4.44. The summed E-state index contributed by atoms with van der Waals surface area (Å²) in [5, 5.41) is 0.759. The first-order valence-electron chi connectivity index (χ1n) is 9.46. The molecule has 6 heteroatoms. The number of fused-ring (bicyclic) bond motifs is 1. The molecule has 1 heterocycles. The minimum absolute atomic E-state index is 0.0116. The number of carbonyl (C=O) groups is 1. The highest BCUT2D eigenvalue weighted by Gasteiger charge is 2.14. The smallest absolute Gasteiger partial charge is 0.336 e. The van der Waals surface area contributed by atoms with Crippen LogP contribution in [0.1, 0.15) is 37.0 Å². The molecule has 3 aromatic rings. The van der Waals surface area contributed by atoms with Gasteiger partial charge in [-0.2, -0.15) is 0 Å². The molecule has 0 unspecified atom stereocenters. The fourth-order valence-corrected chi connectivity index (χ4v) is 3.05. The molecule has 152 valence electrons. The summed E-state index contributed by atoms with van der Waals surface area (Å²) in [5.41, 5.74) is 1.85. The van der Waals surface area contributed by atoms with Crippen LogP contribution >= 0.6 is 0 Å². The predicted octanol–water partition coefficient (Wildman–Crippen LogP) is 4.70. The van der Waals surface area contributed by atoms with E-state index in [9.17, 15) is 14.0 Å². The first kappa shape index (κ1) is 20.6. The summed E-state index contributed by atoms with van der Waals surface area (Å²) in [7, 11) is 0. The van der Waals surface area contributed by atoms with Crippen LogP contribution in [0.5, 0.6) is 5.75 Å². The van der Waals surface area contributed by atoms with Crippen molar-refractivity contribution in [2.24, 2.45) is 0 Å². The lowest BCUT2D eigenvalue weighted by atomic mass is 10.0. The van der Waals surface area contributed by atoms with Gasteiger partial charge in [-0.05, 0) is 50.5 Å². The average Bonchev–Trinajstić information content (AvgIpc) is 2.65. The largest absolute Gasteiger partial charge is 0.488 e. The topological polar surface area (TPSA) is 65.7 Å². The minimum atomic E-state index is -0.455. The van der Waals surface area contributed by atoms with Crippen LogP contribution in [0.25, 0.3) is 11.0 Å². The van der Waals surface area contributed by atoms with Crippen molar-refractivity contribution in [3.63, 3.8) is 0 Å².